The summed E-state index contributed by atoms with van der Waals surface area (Å²) in [5, 5.41) is 3.92. The molecule has 7 heteroatoms. The minimum absolute atomic E-state index is 0.160. The number of alkyl halides is 3. The second-order valence-corrected chi connectivity index (χ2v) is 5.42. The lowest BCUT2D eigenvalue weighted by molar-refractivity contribution is -0.142. The molecule has 0 saturated carbocycles. The Morgan fingerprint density at radius 1 is 0.880 bits per heavy atom. The van der Waals surface area contributed by atoms with Crippen LogP contribution in [0, 0.1) is 0 Å². The number of rotatable bonds is 2. The Hall–Kier alpha value is -3.22. The number of nitrogens with zero attached hydrogens (tertiary/aromatic N) is 4. The van der Waals surface area contributed by atoms with Crippen LogP contribution in [-0.4, -0.2) is 19.6 Å². The highest BCUT2D eigenvalue weighted by molar-refractivity contribution is 5.78. The molecule has 0 saturated heterocycles. The van der Waals surface area contributed by atoms with Gasteiger partial charge in [-0.05, 0) is 23.8 Å². The van der Waals surface area contributed by atoms with Gasteiger partial charge in [-0.2, -0.15) is 18.3 Å². The van der Waals surface area contributed by atoms with Crippen molar-refractivity contribution in [2.45, 2.75) is 6.18 Å². The Morgan fingerprint density at radius 3 is 2.28 bits per heavy atom. The maximum Gasteiger partial charge on any atom is 0.433 e. The molecule has 3 heterocycles. The molecule has 0 fully saturated rings. The zero-order valence-corrected chi connectivity index (χ0v) is 12.8. The molecule has 0 amide bonds. The van der Waals surface area contributed by atoms with Crippen molar-refractivity contribution in [1.29, 1.82) is 0 Å². The molecule has 0 atom stereocenters. The van der Waals surface area contributed by atoms with Crippen LogP contribution in [0.4, 0.5) is 13.2 Å². The van der Waals surface area contributed by atoms with Crippen LogP contribution in [-0.2, 0) is 6.18 Å². The monoisotopic (exact) mass is 340 g/mol. The van der Waals surface area contributed by atoms with Crippen LogP contribution in [0.2, 0.25) is 0 Å². The number of hydrogen-bond donors (Lipinski definition) is 0. The second-order valence-electron chi connectivity index (χ2n) is 5.42. The summed E-state index contributed by atoms with van der Waals surface area (Å²) >= 11 is 0. The molecule has 1 aromatic carbocycles. The summed E-state index contributed by atoms with van der Waals surface area (Å²) in [4.78, 5) is 8.32. The Morgan fingerprint density at radius 2 is 1.60 bits per heavy atom. The van der Waals surface area contributed by atoms with Crippen molar-refractivity contribution in [3.05, 3.63) is 72.8 Å². The van der Waals surface area contributed by atoms with Crippen molar-refractivity contribution < 1.29 is 13.2 Å². The molecule has 0 unspecified atom stereocenters. The first kappa shape index (κ1) is 15.3. The highest BCUT2D eigenvalue weighted by Gasteiger charge is 2.35. The Labute approximate surface area is 140 Å². The summed E-state index contributed by atoms with van der Waals surface area (Å²) in [7, 11) is 0. The van der Waals surface area contributed by atoms with E-state index < -0.39 is 11.9 Å². The minimum atomic E-state index is -4.55. The van der Waals surface area contributed by atoms with Crippen LogP contribution in [0.3, 0.4) is 0 Å². The van der Waals surface area contributed by atoms with Crippen LogP contribution in [0.25, 0.3) is 28.0 Å². The van der Waals surface area contributed by atoms with Crippen molar-refractivity contribution in [1.82, 2.24) is 19.6 Å². The zero-order valence-electron chi connectivity index (χ0n) is 12.8. The van der Waals surface area contributed by atoms with Crippen LogP contribution in [0.15, 0.2) is 67.1 Å². The van der Waals surface area contributed by atoms with Crippen LogP contribution < -0.4 is 0 Å². The van der Waals surface area contributed by atoms with Gasteiger partial charge in [-0.15, -0.1) is 0 Å². The number of pyridine rings is 1. The lowest BCUT2D eigenvalue weighted by Crippen LogP contribution is -2.13. The molecule has 4 rings (SSSR count). The van der Waals surface area contributed by atoms with Gasteiger partial charge in [-0.3, -0.25) is 4.98 Å². The predicted molar refractivity (Wildman–Crippen MR) is 86.7 cm³/mol. The fraction of sp³-hybridized carbons (Fsp3) is 0.0556. The molecule has 124 valence electrons. The maximum atomic E-state index is 13.5. The van der Waals surface area contributed by atoms with Crippen LogP contribution in [0.5, 0.6) is 0 Å². The van der Waals surface area contributed by atoms with Gasteiger partial charge in [0.15, 0.2) is 11.3 Å². The average molecular weight is 340 g/mol. The molecule has 4 aromatic rings. The molecule has 0 aliphatic rings. The van der Waals surface area contributed by atoms with Gasteiger partial charge in [0.1, 0.15) is 0 Å². The number of aromatic nitrogens is 4. The third-order valence-electron chi connectivity index (χ3n) is 3.82. The van der Waals surface area contributed by atoms with Gasteiger partial charge in [0, 0.05) is 23.5 Å². The lowest BCUT2D eigenvalue weighted by atomic mass is 10.1. The normalized spacial score (nSPS) is 11.8. The zero-order chi connectivity index (χ0) is 17.4. The number of benzene rings is 1. The van der Waals surface area contributed by atoms with Crippen LogP contribution >= 0.6 is 0 Å². The highest BCUT2D eigenvalue weighted by atomic mass is 19.4. The lowest BCUT2D eigenvalue weighted by Gasteiger charge is -2.11. The fourth-order valence-corrected chi connectivity index (χ4v) is 2.66. The van der Waals surface area contributed by atoms with Gasteiger partial charge in [0.05, 0.1) is 11.9 Å². The molecule has 0 radical (unpaired) electrons. The number of halogens is 3. The summed E-state index contributed by atoms with van der Waals surface area (Å²) < 4.78 is 41.4. The van der Waals surface area contributed by atoms with Crippen molar-refractivity contribution in [2.75, 3.05) is 0 Å². The first-order valence-corrected chi connectivity index (χ1v) is 7.46. The summed E-state index contributed by atoms with van der Waals surface area (Å²) in [6.07, 6.45) is -0.113. The largest absolute Gasteiger partial charge is 0.433 e. The van der Waals surface area contributed by atoms with E-state index in [4.69, 9.17) is 0 Å². The second kappa shape index (κ2) is 5.70. The molecule has 4 nitrogen and oxygen atoms in total. The summed E-state index contributed by atoms with van der Waals surface area (Å²) in [6, 6.07) is 13.3. The first-order valence-electron chi connectivity index (χ1n) is 7.46. The van der Waals surface area contributed by atoms with Crippen LogP contribution in [0.1, 0.15) is 5.69 Å². The number of hydrogen-bond acceptors (Lipinski definition) is 3. The average Bonchev–Trinajstić information content (AvgIpc) is 3.05. The number of fused-ring (bicyclic) bond motifs is 1. The van der Waals surface area contributed by atoms with Gasteiger partial charge in [-0.25, -0.2) is 9.50 Å². The van der Waals surface area contributed by atoms with E-state index in [1.54, 1.807) is 12.1 Å². The molecule has 0 spiro atoms. The predicted octanol–water partition coefficient (Wildman–Crippen LogP) is 4.48. The standard InChI is InChI=1S/C18H11F3N4/c19-18(20,21)16-10-15(13-6-8-22-9-7-13)24-17-14(11-23-25(16)17)12-4-2-1-3-5-12/h1-11H. The first-order chi connectivity index (χ1) is 12.0. The van der Waals surface area contributed by atoms with E-state index in [-0.39, 0.29) is 11.3 Å². The molecule has 0 aliphatic heterocycles. The Bertz CT molecular complexity index is 1020. The van der Waals surface area contributed by atoms with Gasteiger partial charge >= 0.3 is 6.18 Å². The van der Waals surface area contributed by atoms with Crippen molar-refractivity contribution in [3.8, 4) is 22.4 Å². The van der Waals surface area contributed by atoms with Gasteiger partial charge in [-0.1, -0.05) is 30.3 Å². The minimum Gasteiger partial charge on any atom is -0.265 e. The van der Waals surface area contributed by atoms with E-state index in [2.05, 4.69) is 15.1 Å². The molecular weight excluding hydrogens is 329 g/mol. The molecule has 0 bridgehead atoms. The van der Waals surface area contributed by atoms with E-state index in [9.17, 15) is 13.2 Å². The summed E-state index contributed by atoms with van der Waals surface area (Å²) in [6.45, 7) is 0. The topological polar surface area (TPSA) is 43.1 Å². The van der Waals surface area contributed by atoms with Crippen molar-refractivity contribution >= 4 is 5.65 Å². The quantitative estimate of drug-likeness (QED) is 0.540. The molecule has 3 aromatic heterocycles. The smallest absolute Gasteiger partial charge is 0.265 e. The van der Waals surface area contributed by atoms with Gasteiger partial charge < -0.3 is 0 Å². The molecule has 25 heavy (non-hydrogen) atoms. The molecule has 0 N–H and O–H groups in total. The Kier molecular flexibility index (Phi) is 3.49. The molecular formula is C18H11F3N4. The van der Waals surface area contributed by atoms with Gasteiger partial charge in [0.25, 0.3) is 0 Å². The molecule has 0 aliphatic carbocycles. The van der Waals surface area contributed by atoms with E-state index in [1.807, 2.05) is 30.3 Å². The summed E-state index contributed by atoms with van der Waals surface area (Å²) in [5.41, 5.74) is 1.37. The summed E-state index contributed by atoms with van der Waals surface area (Å²) in [5.74, 6) is 0. The fourth-order valence-electron chi connectivity index (χ4n) is 2.66. The SMILES string of the molecule is FC(F)(F)c1cc(-c2ccncc2)nc2c(-c3ccccc3)cnn12. The van der Waals surface area contributed by atoms with E-state index in [1.165, 1.54) is 18.6 Å². The van der Waals surface area contributed by atoms with E-state index >= 15 is 0 Å². The van der Waals surface area contributed by atoms with Gasteiger partial charge in [0.2, 0.25) is 0 Å². The van der Waals surface area contributed by atoms with E-state index in [0.29, 0.717) is 11.1 Å². The maximum absolute atomic E-state index is 13.5. The van der Waals surface area contributed by atoms with Crippen molar-refractivity contribution in [2.24, 2.45) is 0 Å². The Balaban J connectivity index is 2.03. The van der Waals surface area contributed by atoms with Crippen molar-refractivity contribution in [3.63, 3.8) is 0 Å². The van der Waals surface area contributed by atoms with E-state index in [0.717, 1.165) is 16.1 Å². The highest BCUT2D eigenvalue weighted by Crippen LogP contribution is 2.34. The third-order valence-corrected chi connectivity index (χ3v) is 3.82. The third kappa shape index (κ3) is 2.73.